The average Bonchev–Trinajstić information content (AvgIpc) is 2.76. The highest BCUT2D eigenvalue weighted by Crippen LogP contribution is 2.29. The molecular weight excluding hydrogens is 472 g/mol. The van der Waals surface area contributed by atoms with Crippen LogP contribution in [0.2, 0.25) is 0 Å². The summed E-state index contributed by atoms with van der Waals surface area (Å²) in [7, 11) is 0. The number of ketones is 1. The number of fused-ring (bicyclic) bond motifs is 1. The van der Waals surface area contributed by atoms with Gasteiger partial charge in [0.25, 0.3) is 0 Å². The van der Waals surface area contributed by atoms with E-state index in [0.717, 1.165) is 54.6 Å². The summed E-state index contributed by atoms with van der Waals surface area (Å²) in [6.45, 7) is 8.73. The van der Waals surface area contributed by atoms with E-state index in [-0.39, 0.29) is 5.78 Å². The summed E-state index contributed by atoms with van der Waals surface area (Å²) >= 11 is 3.54. The quantitative estimate of drug-likeness (QED) is 0.268. The lowest BCUT2D eigenvalue weighted by atomic mass is 10.0. The van der Waals surface area contributed by atoms with E-state index in [2.05, 4.69) is 43.9 Å². The second-order valence-corrected chi connectivity index (χ2v) is 9.05. The van der Waals surface area contributed by atoms with Crippen LogP contribution in [0.1, 0.15) is 29.3 Å². The van der Waals surface area contributed by atoms with Crippen molar-refractivity contribution in [1.29, 1.82) is 0 Å². The van der Waals surface area contributed by atoms with Crippen LogP contribution >= 0.6 is 15.9 Å². The molecule has 32 heavy (non-hydrogen) atoms. The van der Waals surface area contributed by atoms with Crippen molar-refractivity contribution in [3.63, 3.8) is 0 Å². The van der Waals surface area contributed by atoms with Crippen LogP contribution in [0.25, 0.3) is 11.0 Å². The van der Waals surface area contributed by atoms with Crippen LogP contribution in [0.5, 0.6) is 5.75 Å². The summed E-state index contributed by atoms with van der Waals surface area (Å²) in [6.07, 6.45) is 0.851. The van der Waals surface area contributed by atoms with Crippen LogP contribution in [0.4, 0.5) is 5.69 Å². The number of Topliss-reactive ketones (excluding diaryl/α,β-unsaturated/α-hetero) is 1. The van der Waals surface area contributed by atoms with Crippen molar-refractivity contribution in [2.75, 3.05) is 44.2 Å². The Bertz CT molecular complexity index is 1180. The normalized spacial score (nSPS) is 14.7. The molecule has 168 valence electrons. The van der Waals surface area contributed by atoms with Crippen LogP contribution in [0.3, 0.4) is 0 Å². The number of hydrogen-bond acceptors (Lipinski definition) is 6. The van der Waals surface area contributed by atoms with Gasteiger partial charge in [-0.15, -0.1) is 0 Å². The Hall–Kier alpha value is -2.64. The highest BCUT2D eigenvalue weighted by Gasteiger charge is 2.19. The highest BCUT2D eigenvalue weighted by atomic mass is 79.9. The molecule has 1 saturated heterocycles. The molecule has 0 saturated carbocycles. The number of piperazine rings is 1. The summed E-state index contributed by atoms with van der Waals surface area (Å²) in [5.41, 5.74) is 2.22. The molecule has 0 amide bonds. The molecule has 0 atom stereocenters. The van der Waals surface area contributed by atoms with E-state index in [1.54, 1.807) is 6.07 Å². The Labute approximate surface area is 195 Å². The van der Waals surface area contributed by atoms with Gasteiger partial charge in [0.1, 0.15) is 11.3 Å². The Morgan fingerprint density at radius 3 is 2.62 bits per heavy atom. The molecule has 1 aliphatic rings. The molecule has 0 aliphatic carbocycles. The van der Waals surface area contributed by atoms with E-state index in [1.807, 2.05) is 19.1 Å². The zero-order valence-corrected chi connectivity index (χ0v) is 20.0. The van der Waals surface area contributed by atoms with E-state index in [1.165, 1.54) is 18.7 Å². The molecular formula is C25H27BrN2O4. The predicted octanol–water partition coefficient (Wildman–Crippen LogP) is 4.66. The molecule has 6 nitrogen and oxygen atoms in total. The third-order valence-corrected chi connectivity index (χ3v) is 6.35. The molecule has 2 aromatic carbocycles. The number of rotatable bonds is 7. The number of anilines is 1. The lowest BCUT2D eigenvalue weighted by Gasteiger charge is -2.36. The summed E-state index contributed by atoms with van der Waals surface area (Å²) < 4.78 is 12.4. The molecule has 0 radical (unpaired) electrons. The SMILES string of the molecule is CC(=O)c1c(OCCCN2CCN(c3cccc(Br)c3)CC2)ccc2c(C)cc(=O)oc12. The zero-order chi connectivity index (χ0) is 22.7. The monoisotopic (exact) mass is 498 g/mol. The van der Waals surface area contributed by atoms with Crippen molar-refractivity contribution >= 4 is 38.4 Å². The van der Waals surface area contributed by atoms with Crippen molar-refractivity contribution in [2.24, 2.45) is 0 Å². The van der Waals surface area contributed by atoms with Crippen molar-refractivity contribution in [3.8, 4) is 5.75 Å². The molecule has 1 aliphatic heterocycles. The third kappa shape index (κ3) is 5.05. The Morgan fingerprint density at radius 1 is 1.12 bits per heavy atom. The van der Waals surface area contributed by atoms with E-state index in [9.17, 15) is 9.59 Å². The lowest BCUT2D eigenvalue weighted by molar-refractivity contribution is 0.101. The molecule has 0 bridgehead atoms. The number of ether oxygens (including phenoxy) is 1. The van der Waals surface area contributed by atoms with Gasteiger partial charge in [-0.2, -0.15) is 0 Å². The summed E-state index contributed by atoms with van der Waals surface area (Å²) in [4.78, 5) is 29.0. The number of nitrogens with zero attached hydrogens (tertiary/aromatic N) is 2. The van der Waals surface area contributed by atoms with E-state index in [0.29, 0.717) is 23.5 Å². The van der Waals surface area contributed by atoms with Gasteiger partial charge in [-0.1, -0.05) is 22.0 Å². The van der Waals surface area contributed by atoms with E-state index < -0.39 is 5.63 Å². The number of hydrogen-bond donors (Lipinski definition) is 0. The van der Waals surface area contributed by atoms with Crippen molar-refractivity contribution < 1.29 is 13.9 Å². The Morgan fingerprint density at radius 2 is 1.91 bits per heavy atom. The van der Waals surface area contributed by atoms with Crippen LogP contribution in [-0.2, 0) is 0 Å². The molecule has 0 N–H and O–H groups in total. The first-order chi connectivity index (χ1) is 15.4. The van der Waals surface area contributed by atoms with Crippen molar-refractivity contribution in [1.82, 2.24) is 4.90 Å². The maximum Gasteiger partial charge on any atom is 0.336 e. The lowest BCUT2D eigenvalue weighted by Crippen LogP contribution is -2.46. The molecule has 1 aromatic heterocycles. The smallest absolute Gasteiger partial charge is 0.336 e. The number of halogens is 1. The second-order valence-electron chi connectivity index (χ2n) is 8.13. The number of carbonyl (C=O) groups excluding carboxylic acids is 1. The van der Waals surface area contributed by atoms with Gasteiger partial charge in [0.05, 0.1) is 6.61 Å². The second kappa shape index (κ2) is 9.88. The minimum Gasteiger partial charge on any atom is -0.493 e. The first-order valence-electron chi connectivity index (χ1n) is 10.9. The predicted molar refractivity (Wildman–Crippen MR) is 130 cm³/mol. The minimum atomic E-state index is -0.461. The van der Waals surface area contributed by atoms with Gasteiger partial charge in [-0.3, -0.25) is 9.69 Å². The summed E-state index contributed by atoms with van der Waals surface area (Å²) in [5, 5.41) is 0.755. The average molecular weight is 499 g/mol. The van der Waals surface area contributed by atoms with Gasteiger partial charge in [-0.05, 0) is 56.2 Å². The molecule has 3 aromatic rings. The first kappa shape index (κ1) is 22.6. The van der Waals surface area contributed by atoms with Gasteiger partial charge < -0.3 is 14.1 Å². The summed E-state index contributed by atoms with van der Waals surface area (Å²) in [5.74, 6) is 0.293. The maximum atomic E-state index is 12.3. The number of carbonyl (C=O) groups is 1. The topological polar surface area (TPSA) is 63.0 Å². The fourth-order valence-electron chi connectivity index (χ4n) is 4.19. The molecule has 0 unspecified atom stereocenters. The molecule has 7 heteroatoms. The Balaban J connectivity index is 1.33. The van der Waals surface area contributed by atoms with Crippen LogP contribution in [0, 0.1) is 6.92 Å². The fraction of sp³-hybridized carbons (Fsp3) is 0.360. The van der Waals surface area contributed by atoms with Crippen molar-refractivity contribution in [2.45, 2.75) is 20.3 Å². The van der Waals surface area contributed by atoms with E-state index >= 15 is 0 Å². The third-order valence-electron chi connectivity index (χ3n) is 5.86. The molecule has 4 rings (SSSR count). The van der Waals surface area contributed by atoms with Crippen LogP contribution in [-0.4, -0.2) is 50.0 Å². The van der Waals surface area contributed by atoms with Gasteiger partial charge in [-0.25, -0.2) is 4.79 Å². The van der Waals surface area contributed by atoms with Gasteiger partial charge in [0, 0.05) is 54.3 Å². The zero-order valence-electron chi connectivity index (χ0n) is 18.4. The largest absolute Gasteiger partial charge is 0.493 e. The van der Waals surface area contributed by atoms with Gasteiger partial charge in [0.15, 0.2) is 11.4 Å². The molecule has 0 spiro atoms. The minimum absolute atomic E-state index is 0.178. The van der Waals surface area contributed by atoms with E-state index in [4.69, 9.17) is 9.15 Å². The molecule has 2 heterocycles. The first-order valence-corrected chi connectivity index (χ1v) is 11.7. The van der Waals surface area contributed by atoms with Crippen LogP contribution < -0.4 is 15.3 Å². The number of aryl methyl sites for hydroxylation is 1. The maximum absolute atomic E-state index is 12.3. The van der Waals surface area contributed by atoms with Crippen molar-refractivity contribution in [3.05, 3.63) is 68.5 Å². The van der Waals surface area contributed by atoms with Gasteiger partial charge in [0.2, 0.25) is 0 Å². The standard InChI is InChI=1S/C25H27BrN2O4/c1-17-15-23(30)32-25-21(17)7-8-22(24(25)18(2)29)31-14-4-9-27-10-12-28(13-11-27)20-6-3-5-19(26)16-20/h3,5-8,15-16H,4,9-14H2,1-2H3. The number of benzene rings is 2. The summed E-state index contributed by atoms with van der Waals surface area (Å²) in [6, 6.07) is 13.5. The Kier molecular flexibility index (Phi) is 6.96. The fourth-order valence-corrected chi connectivity index (χ4v) is 4.58. The highest BCUT2D eigenvalue weighted by molar-refractivity contribution is 9.10. The molecule has 1 fully saturated rings. The van der Waals surface area contributed by atoms with Crippen LogP contribution in [0.15, 0.2) is 56.1 Å². The van der Waals surface area contributed by atoms with Gasteiger partial charge >= 0.3 is 5.63 Å².